The normalized spacial score (nSPS) is 22.5. The minimum Gasteiger partial charge on any atom is -0.481 e. The number of rotatable bonds is 4. The average molecular weight is 221 g/mol. The summed E-state index contributed by atoms with van der Waals surface area (Å²) in [5.41, 5.74) is 0.384. The second kappa shape index (κ2) is 4.26. The van der Waals surface area contributed by atoms with E-state index in [1.807, 2.05) is 0 Å². The van der Waals surface area contributed by atoms with Crippen molar-refractivity contribution in [3.05, 3.63) is 24.3 Å². The second-order valence-electron chi connectivity index (χ2n) is 3.78. The molecule has 1 amide bonds. The molecule has 84 valence electrons. The first-order valence-corrected chi connectivity index (χ1v) is 4.94. The predicted octanol–water partition coefficient (Wildman–Crippen LogP) is -0.0729. The third-order valence-corrected chi connectivity index (χ3v) is 2.59. The molecule has 0 radical (unpaired) electrons. The summed E-state index contributed by atoms with van der Waals surface area (Å²) in [4.78, 5) is 29.5. The molecule has 1 aromatic heterocycles. The zero-order valence-electron chi connectivity index (χ0n) is 8.46. The Bertz CT molecular complexity index is 407. The van der Waals surface area contributed by atoms with Gasteiger partial charge in [-0.15, -0.1) is 0 Å². The van der Waals surface area contributed by atoms with E-state index in [0.29, 0.717) is 18.5 Å². The molecule has 2 N–H and O–H groups in total. The Morgan fingerprint density at radius 2 is 2.12 bits per heavy atom. The second-order valence-corrected chi connectivity index (χ2v) is 3.78. The van der Waals surface area contributed by atoms with Gasteiger partial charge in [0.15, 0.2) is 0 Å². The van der Waals surface area contributed by atoms with Gasteiger partial charge in [-0.05, 0) is 12.3 Å². The summed E-state index contributed by atoms with van der Waals surface area (Å²) in [6, 6.07) is 0. The van der Waals surface area contributed by atoms with Crippen LogP contribution in [0.2, 0.25) is 0 Å². The van der Waals surface area contributed by atoms with Crippen molar-refractivity contribution in [3.8, 4) is 0 Å². The van der Waals surface area contributed by atoms with Gasteiger partial charge in [0.1, 0.15) is 6.33 Å². The molecule has 16 heavy (non-hydrogen) atoms. The maximum absolute atomic E-state index is 11.5. The van der Waals surface area contributed by atoms with E-state index in [-0.39, 0.29) is 17.7 Å². The van der Waals surface area contributed by atoms with Gasteiger partial charge in [-0.3, -0.25) is 9.59 Å². The van der Waals surface area contributed by atoms with Crippen LogP contribution in [0.3, 0.4) is 0 Å². The van der Waals surface area contributed by atoms with Crippen LogP contribution in [0.1, 0.15) is 16.8 Å². The Morgan fingerprint density at radius 3 is 2.69 bits per heavy atom. The van der Waals surface area contributed by atoms with Crippen molar-refractivity contribution in [2.24, 2.45) is 11.8 Å². The number of hydrogen-bond acceptors (Lipinski definition) is 4. The number of nitrogens with one attached hydrogen (secondary N) is 1. The lowest BCUT2D eigenvalue weighted by Crippen LogP contribution is -2.26. The van der Waals surface area contributed by atoms with Gasteiger partial charge in [-0.1, -0.05) is 0 Å². The smallest absolute Gasteiger partial charge is 0.306 e. The SMILES string of the molecule is O=C(NC[C@H]1C[C@H]1C(=O)O)c1cncnc1. The fraction of sp³-hybridized carbons (Fsp3) is 0.400. The third kappa shape index (κ3) is 2.33. The van der Waals surface area contributed by atoms with Crippen molar-refractivity contribution in [2.45, 2.75) is 6.42 Å². The maximum atomic E-state index is 11.5. The van der Waals surface area contributed by atoms with Crippen LogP contribution < -0.4 is 5.32 Å². The highest BCUT2D eigenvalue weighted by Gasteiger charge is 2.42. The van der Waals surface area contributed by atoms with E-state index in [2.05, 4.69) is 15.3 Å². The Labute approximate surface area is 91.7 Å². The molecule has 1 saturated carbocycles. The molecule has 2 atom stereocenters. The van der Waals surface area contributed by atoms with Gasteiger partial charge >= 0.3 is 5.97 Å². The number of nitrogens with zero attached hydrogens (tertiary/aromatic N) is 2. The van der Waals surface area contributed by atoms with Crippen LogP contribution in [0, 0.1) is 11.8 Å². The number of carbonyl (C=O) groups is 2. The Kier molecular flexibility index (Phi) is 2.80. The molecule has 6 nitrogen and oxygen atoms in total. The van der Waals surface area contributed by atoms with Crippen LogP contribution in [-0.2, 0) is 4.79 Å². The maximum Gasteiger partial charge on any atom is 0.306 e. The first-order chi connectivity index (χ1) is 7.68. The lowest BCUT2D eigenvalue weighted by molar-refractivity contribution is -0.138. The highest BCUT2D eigenvalue weighted by atomic mass is 16.4. The molecule has 1 fully saturated rings. The van der Waals surface area contributed by atoms with Gasteiger partial charge in [-0.25, -0.2) is 9.97 Å². The van der Waals surface area contributed by atoms with Crippen molar-refractivity contribution in [1.82, 2.24) is 15.3 Å². The Balaban J connectivity index is 1.80. The van der Waals surface area contributed by atoms with Gasteiger partial charge in [0.25, 0.3) is 5.91 Å². The summed E-state index contributed by atoms with van der Waals surface area (Å²) in [6.45, 7) is 0.394. The fourth-order valence-corrected chi connectivity index (χ4v) is 1.52. The summed E-state index contributed by atoms with van der Waals surface area (Å²) >= 11 is 0. The highest BCUT2D eigenvalue weighted by Crippen LogP contribution is 2.37. The molecule has 0 bridgehead atoms. The summed E-state index contributed by atoms with van der Waals surface area (Å²) in [7, 11) is 0. The van der Waals surface area contributed by atoms with Crippen molar-refractivity contribution < 1.29 is 14.7 Å². The van der Waals surface area contributed by atoms with E-state index in [0.717, 1.165) is 0 Å². The van der Waals surface area contributed by atoms with Gasteiger partial charge < -0.3 is 10.4 Å². The molecule has 0 saturated heterocycles. The van der Waals surface area contributed by atoms with E-state index in [9.17, 15) is 9.59 Å². The zero-order chi connectivity index (χ0) is 11.5. The molecule has 0 unspecified atom stereocenters. The van der Waals surface area contributed by atoms with Gasteiger partial charge in [0.05, 0.1) is 11.5 Å². The summed E-state index contributed by atoms with van der Waals surface area (Å²) in [5, 5.41) is 11.3. The fourth-order valence-electron chi connectivity index (χ4n) is 1.52. The predicted molar refractivity (Wildman–Crippen MR) is 53.6 cm³/mol. The molecular weight excluding hydrogens is 210 g/mol. The highest BCUT2D eigenvalue weighted by molar-refractivity contribution is 5.93. The molecule has 1 aliphatic rings. The number of hydrogen-bond donors (Lipinski definition) is 2. The molecule has 1 aliphatic carbocycles. The number of carboxylic acids is 1. The van der Waals surface area contributed by atoms with Crippen LogP contribution in [0.4, 0.5) is 0 Å². The van der Waals surface area contributed by atoms with Crippen molar-refractivity contribution in [3.63, 3.8) is 0 Å². The quantitative estimate of drug-likeness (QED) is 0.742. The van der Waals surface area contributed by atoms with Crippen LogP contribution >= 0.6 is 0 Å². The monoisotopic (exact) mass is 221 g/mol. The molecule has 1 aromatic rings. The average Bonchev–Trinajstić information content (AvgIpc) is 3.06. The lowest BCUT2D eigenvalue weighted by atomic mass is 10.3. The number of amides is 1. The summed E-state index contributed by atoms with van der Waals surface area (Å²) in [5.74, 6) is -1.29. The molecule has 6 heteroatoms. The first-order valence-electron chi connectivity index (χ1n) is 4.94. The number of aliphatic carboxylic acids is 1. The molecule has 0 aromatic carbocycles. The van der Waals surface area contributed by atoms with Gasteiger partial charge in [0.2, 0.25) is 0 Å². The first kappa shape index (κ1) is 10.5. The van der Waals surface area contributed by atoms with Crippen LogP contribution in [0.15, 0.2) is 18.7 Å². The van der Waals surface area contributed by atoms with Crippen LogP contribution in [0.5, 0.6) is 0 Å². The number of carboxylic acid groups (broad SMARTS) is 1. The Hall–Kier alpha value is -1.98. The van der Waals surface area contributed by atoms with Gasteiger partial charge in [-0.2, -0.15) is 0 Å². The standard InChI is InChI=1S/C10H11N3O3/c14-9(7-2-11-5-12-3-7)13-4-6-1-8(6)10(15)16/h2-3,5-6,8H,1,4H2,(H,13,14)(H,15,16)/t6-,8-/m1/s1. The van der Waals surface area contributed by atoms with Crippen LogP contribution in [0.25, 0.3) is 0 Å². The minimum atomic E-state index is -0.790. The summed E-state index contributed by atoms with van der Waals surface area (Å²) in [6.07, 6.45) is 4.83. The molecule has 0 aliphatic heterocycles. The number of carbonyl (C=O) groups excluding carboxylic acids is 1. The molecule has 0 spiro atoms. The van der Waals surface area contributed by atoms with Crippen LogP contribution in [-0.4, -0.2) is 33.5 Å². The molecular formula is C10H11N3O3. The summed E-state index contributed by atoms with van der Waals surface area (Å²) < 4.78 is 0. The Morgan fingerprint density at radius 1 is 1.44 bits per heavy atom. The van der Waals surface area contributed by atoms with E-state index < -0.39 is 5.97 Å². The van der Waals surface area contributed by atoms with E-state index in [4.69, 9.17) is 5.11 Å². The van der Waals surface area contributed by atoms with Crippen molar-refractivity contribution >= 4 is 11.9 Å². The largest absolute Gasteiger partial charge is 0.481 e. The minimum absolute atomic E-state index is 0.0612. The van der Waals surface area contributed by atoms with E-state index in [1.165, 1.54) is 18.7 Å². The van der Waals surface area contributed by atoms with Crippen molar-refractivity contribution in [2.75, 3.05) is 6.54 Å². The third-order valence-electron chi connectivity index (χ3n) is 2.59. The van der Waals surface area contributed by atoms with Crippen molar-refractivity contribution in [1.29, 1.82) is 0 Å². The number of aromatic nitrogens is 2. The zero-order valence-corrected chi connectivity index (χ0v) is 8.46. The van der Waals surface area contributed by atoms with Gasteiger partial charge in [0, 0.05) is 18.9 Å². The van der Waals surface area contributed by atoms with E-state index >= 15 is 0 Å². The lowest BCUT2D eigenvalue weighted by Gasteiger charge is -2.02. The topological polar surface area (TPSA) is 92.2 Å². The molecule has 1 heterocycles. The molecule has 2 rings (SSSR count). The van der Waals surface area contributed by atoms with E-state index in [1.54, 1.807) is 0 Å².